The van der Waals surface area contributed by atoms with Crippen molar-refractivity contribution in [3.8, 4) is 0 Å². The smallest absolute Gasteiger partial charge is 0.338 e. The lowest BCUT2D eigenvalue weighted by Crippen LogP contribution is -2.21. The van der Waals surface area contributed by atoms with Crippen LogP contribution in [0.2, 0.25) is 0 Å². The van der Waals surface area contributed by atoms with E-state index in [1.165, 1.54) is 0 Å². The van der Waals surface area contributed by atoms with E-state index in [9.17, 15) is 14.7 Å². The number of amides is 2. The molecule has 0 heterocycles. The van der Waals surface area contributed by atoms with Crippen molar-refractivity contribution in [3.05, 3.63) is 59.2 Å². The van der Waals surface area contributed by atoms with Crippen LogP contribution in [0.3, 0.4) is 0 Å². The van der Waals surface area contributed by atoms with Crippen LogP contribution in [0.5, 0.6) is 0 Å². The van der Waals surface area contributed by atoms with Gasteiger partial charge in [0.05, 0.1) is 11.3 Å². The summed E-state index contributed by atoms with van der Waals surface area (Å²) in [5, 5.41) is 14.4. The molecule has 0 aliphatic heterocycles. The third-order valence-electron chi connectivity index (χ3n) is 3.04. The Hall–Kier alpha value is -2.82. The highest BCUT2D eigenvalue weighted by atomic mass is 16.4. The summed E-state index contributed by atoms with van der Waals surface area (Å²) in [4.78, 5) is 23.2. The van der Waals surface area contributed by atoms with Crippen molar-refractivity contribution >= 4 is 23.4 Å². The molecular formula is C16H16N2O3. The van der Waals surface area contributed by atoms with E-state index in [1.807, 2.05) is 19.1 Å². The van der Waals surface area contributed by atoms with Crippen molar-refractivity contribution in [1.29, 1.82) is 0 Å². The normalized spacial score (nSPS) is 10.0. The molecule has 0 spiro atoms. The zero-order valence-electron chi connectivity index (χ0n) is 11.8. The second-order valence-corrected chi connectivity index (χ2v) is 4.75. The monoisotopic (exact) mass is 284 g/mol. The van der Waals surface area contributed by atoms with Crippen LogP contribution in [0.25, 0.3) is 0 Å². The maximum absolute atomic E-state index is 11.9. The number of carbonyl (C=O) groups excluding carboxylic acids is 1. The van der Waals surface area contributed by atoms with Gasteiger partial charge in [0.2, 0.25) is 0 Å². The quantitative estimate of drug-likeness (QED) is 0.805. The van der Waals surface area contributed by atoms with E-state index in [2.05, 4.69) is 10.6 Å². The third kappa shape index (κ3) is 3.60. The third-order valence-corrected chi connectivity index (χ3v) is 3.04. The van der Waals surface area contributed by atoms with Gasteiger partial charge in [0.25, 0.3) is 0 Å². The van der Waals surface area contributed by atoms with Gasteiger partial charge in [0.1, 0.15) is 0 Å². The minimum atomic E-state index is -1.07. The van der Waals surface area contributed by atoms with Crippen LogP contribution in [0.15, 0.2) is 42.5 Å². The highest BCUT2D eigenvalue weighted by molar-refractivity contribution is 6.05. The van der Waals surface area contributed by atoms with Crippen molar-refractivity contribution in [1.82, 2.24) is 0 Å². The number of carbonyl (C=O) groups is 2. The maximum atomic E-state index is 11.9. The van der Waals surface area contributed by atoms with Gasteiger partial charge in [-0.25, -0.2) is 9.59 Å². The molecule has 0 radical (unpaired) electrons. The molecule has 0 saturated carbocycles. The summed E-state index contributed by atoms with van der Waals surface area (Å²) in [6.07, 6.45) is 0. The number of urea groups is 1. The predicted octanol–water partition coefficient (Wildman–Crippen LogP) is 3.65. The van der Waals surface area contributed by atoms with Gasteiger partial charge in [0.15, 0.2) is 0 Å². The zero-order chi connectivity index (χ0) is 15.4. The summed E-state index contributed by atoms with van der Waals surface area (Å²) in [6, 6.07) is 11.8. The van der Waals surface area contributed by atoms with Gasteiger partial charge in [-0.3, -0.25) is 0 Å². The molecule has 0 aromatic heterocycles. The van der Waals surface area contributed by atoms with Gasteiger partial charge < -0.3 is 15.7 Å². The Morgan fingerprint density at radius 2 is 1.62 bits per heavy atom. The minimum absolute atomic E-state index is 0.0940. The molecule has 108 valence electrons. The zero-order valence-corrected chi connectivity index (χ0v) is 11.8. The van der Waals surface area contributed by atoms with Gasteiger partial charge >= 0.3 is 12.0 Å². The molecule has 0 saturated heterocycles. The largest absolute Gasteiger partial charge is 0.478 e. The van der Waals surface area contributed by atoms with Crippen molar-refractivity contribution in [2.45, 2.75) is 13.8 Å². The number of carboxylic acids is 1. The number of aryl methyl sites for hydroxylation is 2. The molecule has 3 N–H and O–H groups in total. The van der Waals surface area contributed by atoms with Crippen molar-refractivity contribution in [3.63, 3.8) is 0 Å². The SMILES string of the molecule is Cc1ccc(NC(=O)Nc2cccc(C)c2C(=O)O)cc1. The van der Waals surface area contributed by atoms with Crippen LogP contribution in [-0.2, 0) is 0 Å². The lowest BCUT2D eigenvalue weighted by Gasteiger charge is -2.11. The van der Waals surface area contributed by atoms with E-state index >= 15 is 0 Å². The number of rotatable bonds is 3. The molecule has 2 aromatic rings. The first-order valence-corrected chi connectivity index (χ1v) is 6.45. The number of hydrogen-bond acceptors (Lipinski definition) is 2. The van der Waals surface area contributed by atoms with E-state index in [4.69, 9.17) is 0 Å². The fourth-order valence-corrected chi connectivity index (χ4v) is 1.98. The summed E-state index contributed by atoms with van der Waals surface area (Å²) >= 11 is 0. The van der Waals surface area contributed by atoms with Crippen LogP contribution in [-0.4, -0.2) is 17.1 Å². The van der Waals surface area contributed by atoms with E-state index in [0.717, 1.165) is 5.56 Å². The van der Waals surface area contributed by atoms with Crippen molar-refractivity contribution in [2.24, 2.45) is 0 Å². The molecule has 0 aliphatic carbocycles. The molecule has 21 heavy (non-hydrogen) atoms. The van der Waals surface area contributed by atoms with Crippen LogP contribution in [0.4, 0.5) is 16.2 Å². The van der Waals surface area contributed by atoms with Crippen LogP contribution in [0.1, 0.15) is 21.5 Å². The van der Waals surface area contributed by atoms with Gasteiger partial charge in [-0.2, -0.15) is 0 Å². The number of hydrogen-bond donors (Lipinski definition) is 3. The number of benzene rings is 2. The average Bonchev–Trinajstić information content (AvgIpc) is 2.41. The minimum Gasteiger partial charge on any atom is -0.478 e. The molecule has 0 aliphatic rings. The maximum Gasteiger partial charge on any atom is 0.338 e. The Morgan fingerprint density at radius 1 is 0.952 bits per heavy atom. The van der Waals surface area contributed by atoms with Gasteiger partial charge in [0, 0.05) is 5.69 Å². The van der Waals surface area contributed by atoms with Crippen LogP contribution < -0.4 is 10.6 Å². The van der Waals surface area contributed by atoms with Gasteiger partial charge in [-0.05, 0) is 37.6 Å². The summed E-state index contributed by atoms with van der Waals surface area (Å²) in [5.41, 5.74) is 2.69. The van der Waals surface area contributed by atoms with E-state index in [-0.39, 0.29) is 11.3 Å². The molecule has 2 amide bonds. The van der Waals surface area contributed by atoms with Gasteiger partial charge in [-0.15, -0.1) is 0 Å². The van der Waals surface area contributed by atoms with E-state index in [0.29, 0.717) is 11.3 Å². The second-order valence-electron chi connectivity index (χ2n) is 4.75. The standard InChI is InChI=1S/C16H16N2O3/c1-10-6-8-12(9-7-10)17-16(21)18-13-5-3-4-11(2)14(13)15(19)20/h3-9H,1-2H3,(H,19,20)(H2,17,18,21). The first-order chi connectivity index (χ1) is 9.97. The highest BCUT2D eigenvalue weighted by Gasteiger charge is 2.14. The number of anilines is 2. The topological polar surface area (TPSA) is 78.4 Å². The number of nitrogens with one attached hydrogen (secondary N) is 2. The van der Waals surface area contributed by atoms with E-state index in [1.54, 1.807) is 37.3 Å². The van der Waals surface area contributed by atoms with Crippen LogP contribution in [0, 0.1) is 13.8 Å². The summed E-state index contributed by atoms with van der Waals surface area (Å²) < 4.78 is 0. The summed E-state index contributed by atoms with van der Waals surface area (Å²) in [6.45, 7) is 3.64. The van der Waals surface area contributed by atoms with E-state index < -0.39 is 12.0 Å². The molecule has 0 bridgehead atoms. The second kappa shape index (κ2) is 6.09. The molecule has 2 aromatic carbocycles. The fourth-order valence-electron chi connectivity index (χ4n) is 1.98. The Bertz CT molecular complexity index is 678. The Labute approximate surface area is 122 Å². The lowest BCUT2D eigenvalue weighted by molar-refractivity contribution is 0.0697. The van der Waals surface area contributed by atoms with Crippen molar-refractivity contribution < 1.29 is 14.7 Å². The molecule has 2 rings (SSSR count). The molecular weight excluding hydrogens is 268 g/mol. The first-order valence-electron chi connectivity index (χ1n) is 6.45. The lowest BCUT2D eigenvalue weighted by atomic mass is 10.1. The van der Waals surface area contributed by atoms with Crippen LogP contribution >= 0.6 is 0 Å². The number of aromatic carboxylic acids is 1. The molecule has 5 heteroatoms. The first kappa shape index (κ1) is 14.6. The molecule has 5 nitrogen and oxygen atoms in total. The summed E-state index contributed by atoms with van der Waals surface area (Å²) in [7, 11) is 0. The highest BCUT2D eigenvalue weighted by Crippen LogP contribution is 2.20. The Morgan fingerprint density at radius 3 is 2.24 bits per heavy atom. The molecule has 0 fully saturated rings. The van der Waals surface area contributed by atoms with Crippen molar-refractivity contribution in [2.75, 3.05) is 10.6 Å². The Kier molecular flexibility index (Phi) is 4.23. The summed E-state index contributed by atoms with van der Waals surface area (Å²) in [5.74, 6) is -1.07. The predicted molar refractivity (Wildman–Crippen MR) is 82.0 cm³/mol. The fraction of sp³-hybridized carbons (Fsp3) is 0.125. The Balaban J connectivity index is 2.15. The van der Waals surface area contributed by atoms with Gasteiger partial charge in [-0.1, -0.05) is 29.8 Å². The molecule has 0 unspecified atom stereocenters. The number of carboxylic acid groups (broad SMARTS) is 1. The molecule has 0 atom stereocenters. The average molecular weight is 284 g/mol.